The van der Waals surface area contributed by atoms with Gasteiger partial charge in [-0.15, -0.1) is 0 Å². The fourth-order valence-electron chi connectivity index (χ4n) is 2.40. The van der Waals surface area contributed by atoms with Crippen molar-refractivity contribution in [1.29, 1.82) is 0 Å². The van der Waals surface area contributed by atoms with Crippen LogP contribution in [0.1, 0.15) is 29.6 Å². The Morgan fingerprint density at radius 3 is 3.06 bits per heavy atom. The molecule has 0 aromatic heterocycles. The average Bonchev–Trinajstić information content (AvgIpc) is 2.38. The maximum atomic E-state index is 10.9. The second-order valence-electron chi connectivity index (χ2n) is 4.90. The van der Waals surface area contributed by atoms with Crippen LogP contribution < -0.4 is 5.32 Å². The lowest BCUT2D eigenvalue weighted by atomic mass is 10.0. The van der Waals surface area contributed by atoms with E-state index in [0.717, 1.165) is 18.8 Å². The van der Waals surface area contributed by atoms with Gasteiger partial charge in [0.15, 0.2) is 0 Å². The van der Waals surface area contributed by atoms with Crippen LogP contribution in [0.25, 0.3) is 0 Å². The van der Waals surface area contributed by atoms with Crippen LogP contribution in [0.5, 0.6) is 0 Å². The van der Waals surface area contributed by atoms with Crippen LogP contribution in [-0.2, 0) is 0 Å². The topological polar surface area (TPSA) is 52.6 Å². The Balaban J connectivity index is 1.93. The van der Waals surface area contributed by atoms with Crippen molar-refractivity contribution >= 4 is 11.7 Å². The first-order valence-corrected chi connectivity index (χ1v) is 6.44. The maximum Gasteiger partial charge on any atom is 0.335 e. The van der Waals surface area contributed by atoms with E-state index in [2.05, 4.69) is 17.3 Å². The molecule has 0 amide bonds. The Morgan fingerprint density at radius 2 is 2.33 bits per heavy atom. The van der Waals surface area contributed by atoms with E-state index >= 15 is 0 Å². The lowest BCUT2D eigenvalue weighted by molar-refractivity contribution is 0.0697. The van der Waals surface area contributed by atoms with E-state index < -0.39 is 5.97 Å². The van der Waals surface area contributed by atoms with Crippen molar-refractivity contribution in [3.63, 3.8) is 0 Å². The number of anilines is 1. The predicted molar refractivity (Wildman–Crippen MR) is 72.2 cm³/mol. The van der Waals surface area contributed by atoms with Gasteiger partial charge in [0.05, 0.1) is 5.56 Å². The van der Waals surface area contributed by atoms with Gasteiger partial charge in [0.25, 0.3) is 0 Å². The van der Waals surface area contributed by atoms with E-state index in [9.17, 15) is 4.79 Å². The number of piperidine rings is 1. The summed E-state index contributed by atoms with van der Waals surface area (Å²) >= 11 is 0. The van der Waals surface area contributed by atoms with Crippen LogP contribution in [0, 0.1) is 0 Å². The molecule has 0 bridgehead atoms. The van der Waals surface area contributed by atoms with Gasteiger partial charge in [-0.3, -0.25) is 0 Å². The highest BCUT2D eigenvalue weighted by atomic mass is 16.4. The molecule has 1 atom stereocenters. The first-order chi connectivity index (χ1) is 8.66. The van der Waals surface area contributed by atoms with E-state index in [-0.39, 0.29) is 0 Å². The molecule has 1 heterocycles. The summed E-state index contributed by atoms with van der Waals surface area (Å²) in [6, 6.07) is 7.53. The van der Waals surface area contributed by atoms with Crippen molar-refractivity contribution in [2.75, 3.05) is 25.5 Å². The van der Waals surface area contributed by atoms with E-state index in [4.69, 9.17) is 5.11 Å². The Labute approximate surface area is 108 Å². The van der Waals surface area contributed by atoms with Crippen LogP contribution >= 0.6 is 0 Å². The van der Waals surface area contributed by atoms with E-state index in [0.29, 0.717) is 11.6 Å². The average molecular weight is 248 g/mol. The van der Waals surface area contributed by atoms with Crippen molar-refractivity contribution in [2.24, 2.45) is 0 Å². The summed E-state index contributed by atoms with van der Waals surface area (Å²) < 4.78 is 0. The number of carboxylic acid groups (broad SMARTS) is 1. The zero-order valence-electron chi connectivity index (χ0n) is 10.7. The summed E-state index contributed by atoms with van der Waals surface area (Å²) in [5.74, 6) is -0.881. The van der Waals surface area contributed by atoms with Crippen LogP contribution in [0.4, 0.5) is 5.69 Å². The molecule has 2 N–H and O–H groups in total. The predicted octanol–water partition coefficient (Wildman–Crippen LogP) is 2.28. The van der Waals surface area contributed by atoms with Gasteiger partial charge < -0.3 is 15.3 Å². The van der Waals surface area contributed by atoms with Crippen molar-refractivity contribution < 1.29 is 9.90 Å². The molecule has 2 rings (SSSR count). The van der Waals surface area contributed by atoms with Gasteiger partial charge in [0, 0.05) is 18.3 Å². The van der Waals surface area contributed by atoms with Gasteiger partial charge >= 0.3 is 5.97 Å². The SMILES string of the molecule is CN1CCCCC1CNc1cccc(C(=O)O)c1. The summed E-state index contributed by atoms with van der Waals surface area (Å²) in [6.07, 6.45) is 3.77. The molecule has 18 heavy (non-hydrogen) atoms. The molecule has 1 saturated heterocycles. The fourth-order valence-corrected chi connectivity index (χ4v) is 2.40. The quantitative estimate of drug-likeness (QED) is 0.858. The minimum atomic E-state index is -0.881. The molecular weight excluding hydrogens is 228 g/mol. The van der Waals surface area contributed by atoms with Gasteiger partial charge in [0.2, 0.25) is 0 Å². The summed E-state index contributed by atoms with van der Waals surface area (Å²) in [6.45, 7) is 2.03. The maximum absolute atomic E-state index is 10.9. The highest BCUT2D eigenvalue weighted by Crippen LogP contribution is 2.16. The van der Waals surface area contributed by atoms with Gasteiger partial charge in [-0.2, -0.15) is 0 Å². The summed E-state index contributed by atoms with van der Waals surface area (Å²) in [4.78, 5) is 13.2. The van der Waals surface area contributed by atoms with E-state index in [1.54, 1.807) is 18.2 Å². The molecule has 4 nitrogen and oxygen atoms in total. The van der Waals surface area contributed by atoms with Gasteiger partial charge in [0.1, 0.15) is 0 Å². The number of carboxylic acids is 1. The number of likely N-dealkylation sites (tertiary alicyclic amines) is 1. The van der Waals surface area contributed by atoms with Crippen LogP contribution in [0.3, 0.4) is 0 Å². The zero-order chi connectivity index (χ0) is 13.0. The number of nitrogens with zero attached hydrogens (tertiary/aromatic N) is 1. The number of nitrogens with one attached hydrogen (secondary N) is 1. The molecule has 0 spiro atoms. The second-order valence-corrected chi connectivity index (χ2v) is 4.90. The number of benzene rings is 1. The Kier molecular flexibility index (Phi) is 4.20. The molecule has 98 valence electrons. The second kappa shape index (κ2) is 5.87. The highest BCUT2D eigenvalue weighted by Gasteiger charge is 2.18. The van der Waals surface area contributed by atoms with E-state index in [1.165, 1.54) is 19.3 Å². The molecule has 4 heteroatoms. The smallest absolute Gasteiger partial charge is 0.335 e. The summed E-state index contributed by atoms with van der Waals surface area (Å²) in [7, 11) is 2.15. The van der Waals surface area contributed by atoms with Crippen LogP contribution in [0.15, 0.2) is 24.3 Å². The largest absolute Gasteiger partial charge is 0.478 e. The fraction of sp³-hybridized carbons (Fsp3) is 0.500. The Bertz CT molecular complexity index is 420. The lowest BCUT2D eigenvalue weighted by Gasteiger charge is -2.32. The van der Waals surface area contributed by atoms with Crippen LogP contribution in [-0.4, -0.2) is 42.2 Å². The highest BCUT2D eigenvalue weighted by molar-refractivity contribution is 5.88. The normalized spacial score (nSPS) is 20.6. The minimum absolute atomic E-state index is 0.331. The molecule has 0 saturated carbocycles. The molecule has 0 aliphatic carbocycles. The first-order valence-electron chi connectivity index (χ1n) is 6.44. The van der Waals surface area contributed by atoms with Gasteiger partial charge in [-0.05, 0) is 44.6 Å². The third kappa shape index (κ3) is 3.23. The number of carbonyl (C=O) groups is 1. The number of hydrogen-bond acceptors (Lipinski definition) is 3. The molecule has 1 aliphatic rings. The summed E-state index contributed by atoms with van der Waals surface area (Å²) in [5.41, 5.74) is 1.21. The monoisotopic (exact) mass is 248 g/mol. The molecule has 1 aromatic rings. The summed E-state index contributed by atoms with van der Waals surface area (Å²) in [5, 5.41) is 12.3. The molecule has 0 radical (unpaired) electrons. The molecule has 1 fully saturated rings. The first kappa shape index (κ1) is 12.9. The number of aromatic carboxylic acids is 1. The molecule has 1 aromatic carbocycles. The number of likely N-dealkylation sites (N-methyl/N-ethyl adjacent to an activating group) is 1. The third-order valence-corrected chi connectivity index (χ3v) is 3.57. The lowest BCUT2D eigenvalue weighted by Crippen LogP contribution is -2.40. The van der Waals surface area contributed by atoms with Crippen LogP contribution in [0.2, 0.25) is 0 Å². The zero-order valence-corrected chi connectivity index (χ0v) is 10.7. The number of rotatable bonds is 4. The van der Waals surface area contributed by atoms with Crippen molar-refractivity contribution in [1.82, 2.24) is 4.90 Å². The third-order valence-electron chi connectivity index (χ3n) is 3.57. The van der Waals surface area contributed by atoms with E-state index in [1.807, 2.05) is 6.07 Å². The standard InChI is InChI=1S/C14H20N2O2/c1-16-8-3-2-7-13(16)10-15-12-6-4-5-11(9-12)14(17)18/h4-6,9,13,15H,2-3,7-8,10H2,1H3,(H,17,18). The Hall–Kier alpha value is -1.55. The van der Waals surface area contributed by atoms with Gasteiger partial charge in [-0.25, -0.2) is 4.79 Å². The van der Waals surface area contributed by atoms with Crippen molar-refractivity contribution in [3.05, 3.63) is 29.8 Å². The van der Waals surface area contributed by atoms with Crippen molar-refractivity contribution in [3.8, 4) is 0 Å². The number of hydrogen-bond donors (Lipinski definition) is 2. The minimum Gasteiger partial charge on any atom is -0.478 e. The van der Waals surface area contributed by atoms with Gasteiger partial charge in [-0.1, -0.05) is 12.5 Å². The van der Waals surface area contributed by atoms with Crippen molar-refractivity contribution in [2.45, 2.75) is 25.3 Å². The molecule has 1 unspecified atom stereocenters. The molecule has 1 aliphatic heterocycles. The molecular formula is C14H20N2O2. The Morgan fingerprint density at radius 1 is 1.50 bits per heavy atom.